The largest absolute Gasteiger partial charge is 0.393 e. The van der Waals surface area contributed by atoms with Crippen LogP contribution in [0.15, 0.2) is 15.8 Å². The normalized spacial score (nSPS) is 33.5. The number of rotatable bonds is 3. The smallest absolute Gasteiger partial charge is 0.330 e. The summed E-state index contributed by atoms with van der Waals surface area (Å²) in [6.45, 7) is -2.45. The number of H-pyrrole nitrogens is 1. The first-order valence-corrected chi connectivity index (χ1v) is 5.54. The number of nitrogens with zero attached hydrogens (tertiary/aromatic N) is 1. The first-order chi connectivity index (χ1) is 9.36. The van der Waals surface area contributed by atoms with Crippen LogP contribution in [0, 0.1) is 5.82 Å². The third-order valence-electron chi connectivity index (χ3n) is 3.16. The quantitative estimate of drug-likeness (QED) is 0.636. The molecule has 7 nitrogen and oxygen atoms in total. The summed E-state index contributed by atoms with van der Waals surface area (Å²) in [5, 5.41) is 18.6. The van der Waals surface area contributed by atoms with Gasteiger partial charge in [0.05, 0.1) is 12.8 Å². The van der Waals surface area contributed by atoms with E-state index in [2.05, 4.69) is 0 Å². The topological polar surface area (TPSA) is 105 Å². The SMILES string of the molecule is O=c1[nH]c(=O)n(C2OC(CO)(CF)C(O)C2F)cc1F. The van der Waals surface area contributed by atoms with Crippen molar-refractivity contribution in [3.8, 4) is 0 Å². The van der Waals surface area contributed by atoms with Crippen LogP contribution in [0.4, 0.5) is 13.2 Å². The Hall–Kier alpha value is -1.65. The molecular weight excluding hydrogens is 285 g/mol. The molecule has 4 unspecified atom stereocenters. The second-order valence-corrected chi connectivity index (χ2v) is 4.40. The Morgan fingerprint density at radius 2 is 2.15 bits per heavy atom. The van der Waals surface area contributed by atoms with Crippen LogP contribution >= 0.6 is 0 Å². The number of hydrogen-bond acceptors (Lipinski definition) is 5. The molecule has 2 rings (SSSR count). The fraction of sp³-hybridized carbons (Fsp3) is 0.600. The number of halogens is 3. The molecule has 0 spiro atoms. The number of aromatic nitrogens is 2. The predicted octanol–water partition coefficient (Wildman–Crippen LogP) is -1.40. The number of aliphatic hydroxyl groups excluding tert-OH is 2. The number of aliphatic hydroxyl groups is 2. The maximum Gasteiger partial charge on any atom is 0.330 e. The molecule has 1 aromatic heterocycles. The molecule has 0 aliphatic carbocycles. The van der Waals surface area contributed by atoms with Crippen LogP contribution in [0.5, 0.6) is 0 Å². The molecule has 1 aliphatic rings. The Kier molecular flexibility index (Phi) is 3.71. The van der Waals surface area contributed by atoms with Gasteiger partial charge < -0.3 is 14.9 Å². The molecule has 1 aliphatic heterocycles. The van der Waals surface area contributed by atoms with Crippen molar-refractivity contribution in [2.24, 2.45) is 0 Å². The van der Waals surface area contributed by atoms with E-state index in [1.54, 1.807) is 4.98 Å². The summed E-state index contributed by atoms with van der Waals surface area (Å²) in [4.78, 5) is 23.9. The highest BCUT2D eigenvalue weighted by Gasteiger charge is 2.56. The van der Waals surface area contributed by atoms with Crippen molar-refractivity contribution in [3.63, 3.8) is 0 Å². The van der Waals surface area contributed by atoms with E-state index >= 15 is 0 Å². The molecule has 10 heteroatoms. The maximum absolute atomic E-state index is 13.9. The van der Waals surface area contributed by atoms with Crippen LogP contribution in [0.2, 0.25) is 0 Å². The molecule has 1 aromatic rings. The van der Waals surface area contributed by atoms with Crippen LogP contribution in [-0.4, -0.2) is 50.9 Å². The van der Waals surface area contributed by atoms with E-state index in [1.165, 1.54) is 0 Å². The molecule has 4 atom stereocenters. The molecule has 0 amide bonds. The van der Waals surface area contributed by atoms with Crippen molar-refractivity contribution in [1.29, 1.82) is 0 Å². The van der Waals surface area contributed by atoms with Crippen LogP contribution in [0.3, 0.4) is 0 Å². The van der Waals surface area contributed by atoms with Crippen molar-refractivity contribution in [2.45, 2.75) is 24.1 Å². The van der Waals surface area contributed by atoms with Gasteiger partial charge in [-0.15, -0.1) is 0 Å². The molecule has 0 radical (unpaired) electrons. The Balaban J connectivity index is 2.47. The van der Waals surface area contributed by atoms with Gasteiger partial charge in [0, 0.05) is 0 Å². The molecule has 0 saturated carbocycles. The minimum atomic E-state index is -2.29. The van der Waals surface area contributed by atoms with E-state index in [0.717, 1.165) is 0 Å². The van der Waals surface area contributed by atoms with Gasteiger partial charge in [-0.05, 0) is 0 Å². The number of ether oxygens (including phenoxy) is 1. The van der Waals surface area contributed by atoms with Gasteiger partial charge in [0.15, 0.2) is 18.0 Å². The summed E-state index contributed by atoms with van der Waals surface area (Å²) in [6.07, 6.45) is -5.83. The number of aromatic amines is 1. The van der Waals surface area contributed by atoms with E-state index in [4.69, 9.17) is 9.84 Å². The number of alkyl halides is 2. The Morgan fingerprint density at radius 1 is 1.50 bits per heavy atom. The molecule has 1 fully saturated rings. The molecule has 1 saturated heterocycles. The molecule has 3 N–H and O–H groups in total. The highest BCUT2D eigenvalue weighted by molar-refractivity contribution is 5.02. The molecule has 112 valence electrons. The summed E-state index contributed by atoms with van der Waals surface area (Å²) >= 11 is 0. The third kappa shape index (κ3) is 2.05. The van der Waals surface area contributed by atoms with E-state index in [0.29, 0.717) is 10.8 Å². The summed E-state index contributed by atoms with van der Waals surface area (Å²) < 4.78 is 45.1. The van der Waals surface area contributed by atoms with Gasteiger partial charge in [0.25, 0.3) is 5.56 Å². The van der Waals surface area contributed by atoms with Gasteiger partial charge in [0.2, 0.25) is 5.82 Å². The first-order valence-electron chi connectivity index (χ1n) is 5.54. The third-order valence-corrected chi connectivity index (χ3v) is 3.16. The van der Waals surface area contributed by atoms with Gasteiger partial charge in [0.1, 0.15) is 12.8 Å². The Morgan fingerprint density at radius 3 is 2.65 bits per heavy atom. The average Bonchev–Trinajstić information content (AvgIpc) is 2.68. The van der Waals surface area contributed by atoms with E-state index in [9.17, 15) is 27.9 Å². The fourth-order valence-corrected chi connectivity index (χ4v) is 1.96. The second-order valence-electron chi connectivity index (χ2n) is 4.40. The molecular formula is C10H11F3N2O5. The lowest BCUT2D eigenvalue weighted by Gasteiger charge is -2.25. The lowest BCUT2D eigenvalue weighted by molar-refractivity contribution is -0.138. The van der Waals surface area contributed by atoms with Gasteiger partial charge >= 0.3 is 5.69 Å². The summed E-state index contributed by atoms with van der Waals surface area (Å²) in [5.74, 6) is -1.38. The van der Waals surface area contributed by atoms with Gasteiger partial charge in [-0.25, -0.2) is 13.6 Å². The van der Waals surface area contributed by atoms with Crippen LogP contribution in [0.1, 0.15) is 6.23 Å². The molecule has 0 aromatic carbocycles. The van der Waals surface area contributed by atoms with Crippen LogP contribution < -0.4 is 11.2 Å². The zero-order chi connectivity index (χ0) is 15.1. The van der Waals surface area contributed by atoms with Crippen molar-refractivity contribution < 1.29 is 28.1 Å². The van der Waals surface area contributed by atoms with Gasteiger partial charge in [-0.1, -0.05) is 0 Å². The zero-order valence-electron chi connectivity index (χ0n) is 9.92. The lowest BCUT2D eigenvalue weighted by Crippen LogP contribution is -2.47. The minimum Gasteiger partial charge on any atom is -0.393 e. The summed E-state index contributed by atoms with van der Waals surface area (Å²) in [6, 6.07) is 0. The van der Waals surface area contributed by atoms with Gasteiger partial charge in [-0.3, -0.25) is 14.3 Å². The lowest BCUT2D eigenvalue weighted by atomic mass is 9.98. The monoisotopic (exact) mass is 296 g/mol. The molecule has 20 heavy (non-hydrogen) atoms. The Labute approximate surface area is 109 Å². The van der Waals surface area contributed by atoms with Crippen molar-refractivity contribution in [3.05, 3.63) is 32.9 Å². The van der Waals surface area contributed by atoms with Crippen LogP contribution in [-0.2, 0) is 4.74 Å². The second kappa shape index (κ2) is 5.04. The number of nitrogens with one attached hydrogen (secondary N) is 1. The van der Waals surface area contributed by atoms with E-state index < -0.39 is 54.5 Å². The molecule has 2 heterocycles. The zero-order valence-corrected chi connectivity index (χ0v) is 9.92. The standard InChI is InChI=1S/C10H11F3N2O5/c11-2-10(3-16)6(17)5(13)8(20-10)15-1-4(12)7(18)14-9(15)19/h1,5-6,8,16-17H,2-3H2,(H,14,18,19). The van der Waals surface area contributed by atoms with Crippen molar-refractivity contribution in [1.82, 2.24) is 9.55 Å². The average molecular weight is 296 g/mol. The summed E-state index contributed by atoms with van der Waals surface area (Å²) in [5.41, 5.74) is -4.74. The minimum absolute atomic E-state index is 0.345. The molecule has 0 bridgehead atoms. The highest BCUT2D eigenvalue weighted by Crippen LogP contribution is 2.38. The van der Waals surface area contributed by atoms with Crippen molar-refractivity contribution in [2.75, 3.05) is 13.3 Å². The Bertz CT molecular complexity index is 612. The fourth-order valence-electron chi connectivity index (χ4n) is 1.96. The first kappa shape index (κ1) is 14.8. The predicted molar refractivity (Wildman–Crippen MR) is 58.1 cm³/mol. The van der Waals surface area contributed by atoms with Crippen molar-refractivity contribution >= 4 is 0 Å². The summed E-state index contributed by atoms with van der Waals surface area (Å²) in [7, 11) is 0. The number of hydrogen-bond donors (Lipinski definition) is 3. The van der Waals surface area contributed by atoms with E-state index in [1.807, 2.05) is 0 Å². The maximum atomic E-state index is 13.9. The van der Waals surface area contributed by atoms with E-state index in [-0.39, 0.29) is 0 Å². The van der Waals surface area contributed by atoms with Gasteiger partial charge in [-0.2, -0.15) is 4.39 Å². The highest BCUT2D eigenvalue weighted by atomic mass is 19.1. The van der Waals surface area contributed by atoms with Crippen LogP contribution in [0.25, 0.3) is 0 Å².